The standard InChI is InChI=1S/C26H27N3O2/c1-5-20-13-9-12-19(4)24(20)29-22(30)16-28-15-7-6-14-21(28)25(29)26(31)27-23-17(2)10-8-11-18(23)3/h6-15,25H,5,16H2,1-4H3/p+1/t25-/m1/s1. The lowest BCUT2D eigenvalue weighted by Gasteiger charge is -2.34. The van der Waals surface area contributed by atoms with E-state index in [4.69, 9.17) is 0 Å². The van der Waals surface area contributed by atoms with Crippen LogP contribution in [-0.4, -0.2) is 11.8 Å². The molecule has 1 aromatic heterocycles. The van der Waals surface area contributed by atoms with Gasteiger partial charge in [-0.05, 0) is 49.4 Å². The van der Waals surface area contributed by atoms with Crippen molar-refractivity contribution in [3.63, 3.8) is 0 Å². The van der Waals surface area contributed by atoms with Crippen LogP contribution in [0, 0.1) is 20.8 Å². The van der Waals surface area contributed by atoms with E-state index in [1.807, 2.05) is 86.1 Å². The second-order valence-electron chi connectivity index (χ2n) is 8.11. The van der Waals surface area contributed by atoms with Crippen LogP contribution in [0.15, 0.2) is 60.8 Å². The van der Waals surface area contributed by atoms with E-state index < -0.39 is 6.04 Å². The first-order valence-corrected chi connectivity index (χ1v) is 10.7. The van der Waals surface area contributed by atoms with Gasteiger partial charge in [0, 0.05) is 17.8 Å². The number of pyridine rings is 1. The zero-order valence-corrected chi connectivity index (χ0v) is 18.5. The minimum Gasteiger partial charge on any atom is -0.323 e. The number of nitrogens with zero attached hydrogens (tertiary/aromatic N) is 2. The Labute approximate surface area is 183 Å². The molecule has 3 aromatic rings. The number of nitrogens with one attached hydrogen (secondary N) is 1. The molecule has 1 N–H and O–H groups in total. The van der Waals surface area contributed by atoms with Gasteiger partial charge in [-0.1, -0.05) is 49.4 Å². The predicted molar refractivity (Wildman–Crippen MR) is 122 cm³/mol. The number of hydrogen-bond donors (Lipinski definition) is 1. The SMILES string of the molecule is CCc1cccc(C)c1N1C(=O)C[n+]2ccccc2[C@@H]1C(=O)Nc1c(C)cccc1C. The first-order chi connectivity index (χ1) is 14.9. The summed E-state index contributed by atoms with van der Waals surface area (Å²) in [5, 5.41) is 3.12. The van der Waals surface area contributed by atoms with Crippen molar-refractivity contribution in [2.75, 3.05) is 10.2 Å². The zero-order chi connectivity index (χ0) is 22.1. The highest BCUT2D eigenvalue weighted by atomic mass is 16.2. The first kappa shape index (κ1) is 20.8. The van der Waals surface area contributed by atoms with Crippen LogP contribution in [-0.2, 0) is 22.6 Å². The smallest absolute Gasteiger partial charge is 0.294 e. The first-order valence-electron chi connectivity index (χ1n) is 10.7. The summed E-state index contributed by atoms with van der Waals surface area (Å²) in [6, 6.07) is 16.9. The quantitative estimate of drug-likeness (QED) is 0.651. The number of aromatic nitrogens is 1. The van der Waals surface area contributed by atoms with Crippen LogP contribution in [0.5, 0.6) is 0 Å². The summed E-state index contributed by atoms with van der Waals surface area (Å²) in [7, 11) is 0. The lowest BCUT2D eigenvalue weighted by atomic mass is 9.98. The minimum absolute atomic E-state index is 0.0886. The molecule has 1 aliphatic heterocycles. The number of carbonyl (C=O) groups is 2. The van der Waals surface area contributed by atoms with Crippen LogP contribution < -0.4 is 14.8 Å². The van der Waals surface area contributed by atoms with E-state index in [9.17, 15) is 9.59 Å². The molecule has 1 aliphatic rings. The fraction of sp³-hybridized carbons (Fsp3) is 0.269. The van der Waals surface area contributed by atoms with E-state index in [1.54, 1.807) is 4.90 Å². The van der Waals surface area contributed by atoms with Gasteiger partial charge < -0.3 is 5.32 Å². The number of benzene rings is 2. The maximum absolute atomic E-state index is 13.8. The largest absolute Gasteiger partial charge is 0.323 e. The molecule has 0 saturated heterocycles. The van der Waals surface area contributed by atoms with Gasteiger partial charge in [-0.25, -0.2) is 0 Å². The molecular weight excluding hydrogens is 386 g/mol. The highest BCUT2D eigenvalue weighted by Crippen LogP contribution is 2.35. The Morgan fingerprint density at radius 3 is 2.39 bits per heavy atom. The number of aryl methyl sites for hydroxylation is 4. The van der Waals surface area contributed by atoms with E-state index in [0.29, 0.717) is 0 Å². The Bertz CT molecular complexity index is 1150. The molecule has 0 bridgehead atoms. The van der Waals surface area contributed by atoms with E-state index in [-0.39, 0.29) is 18.4 Å². The number of carbonyl (C=O) groups excluding carboxylic acids is 2. The van der Waals surface area contributed by atoms with E-state index >= 15 is 0 Å². The molecule has 158 valence electrons. The summed E-state index contributed by atoms with van der Waals surface area (Å²) in [5.74, 6) is -0.301. The number of amides is 2. The second kappa shape index (κ2) is 8.34. The molecule has 1 atom stereocenters. The maximum Gasteiger partial charge on any atom is 0.294 e. The van der Waals surface area contributed by atoms with Crippen molar-refractivity contribution >= 4 is 23.2 Å². The second-order valence-corrected chi connectivity index (χ2v) is 8.11. The molecule has 4 rings (SSSR count). The fourth-order valence-corrected chi connectivity index (χ4v) is 4.44. The summed E-state index contributed by atoms with van der Waals surface area (Å²) < 4.78 is 1.87. The van der Waals surface area contributed by atoms with Crippen molar-refractivity contribution in [1.29, 1.82) is 0 Å². The van der Waals surface area contributed by atoms with Crippen molar-refractivity contribution in [2.24, 2.45) is 0 Å². The monoisotopic (exact) mass is 414 g/mol. The van der Waals surface area contributed by atoms with Crippen molar-refractivity contribution in [3.05, 3.63) is 88.7 Å². The Balaban J connectivity index is 1.87. The Kier molecular flexibility index (Phi) is 5.59. The number of anilines is 2. The van der Waals surface area contributed by atoms with Gasteiger partial charge in [0.25, 0.3) is 11.8 Å². The molecule has 0 saturated carbocycles. The molecule has 31 heavy (non-hydrogen) atoms. The Hall–Kier alpha value is -3.47. The third-order valence-electron chi connectivity index (χ3n) is 6.01. The molecule has 5 nitrogen and oxygen atoms in total. The topological polar surface area (TPSA) is 53.3 Å². The van der Waals surface area contributed by atoms with Crippen LogP contribution in [0.4, 0.5) is 11.4 Å². The lowest BCUT2D eigenvalue weighted by molar-refractivity contribution is -0.695. The van der Waals surface area contributed by atoms with Crippen LogP contribution in [0.3, 0.4) is 0 Å². The summed E-state index contributed by atoms with van der Waals surface area (Å²) in [6.45, 7) is 8.23. The van der Waals surface area contributed by atoms with Gasteiger partial charge >= 0.3 is 0 Å². The highest BCUT2D eigenvalue weighted by Gasteiger charge is 2.44. The number of hydrogen-bond acceptors (Lipinski definition) is 2. The molecule has 2 heterocycles. The molecule has 0 radical (unpaired) electrons. The molecule has 0 unspecified atom stereocenters. The van der Waals surface area contributed by atoms with Gasteiger partial charge in [-0.2, -0.15) is 4.57 Å². The van der Waals surface area contributed by atoms with Crippen molar-refractivity contribution in [2.45, 2.75) is 46.7 Å². The minimum atomic E-state index is -0.757. The predicted octanol–water partition coefficient (Wildman–Crippen LogP) is 4.19. The lowest BCUT2D eigenvalue weighted by Crippen LogP contribution is -2.59. The van der Waals surface area contributed by atoms with Crippen molar-refractivity contribution in [3.8, 4) is 0 Å². The molecule has 2 aromatic carbocycles. The highest BCUT2D eigenvalue weighted by molar-refractivity contribution is 6.06. The average Bonchev–Trinajstić information content (AvgIpc) is 2.75. The van der Waals surface area contributed by atoms with Gasteiger partial charge in [-0.15, -0.1) is 0 Å². The molecule has 2 amide bonds. The molecule has 0 fully saturated rings. The van der Waals surface area contributed by atoms with Crippen LogP contribution in [0.1, 0.15) is 40.9 Å². The third kappa shape index (κ3) is 3.72. The van der Waals surface area contributed by atoms with Gasteiger partial charge in [0.1, 0.15) is 0 Å². The average molecular weight is 415 g/mol. The third-order valence-corrected chi connectivity index (χ3v) is 6.01. The number of rotatable bonds is 4. The molecular formula is C26H28N3O2+. The summed E-state index contributed by atoms with van der Waals surface area (Å²) in [5.41, 5.74) is 6.47. The van der Waals surface area contributed by atoms with E-state index in [2.05, 4.69) is 12.2 Å². The van der Waals surface area contributed by atoms with E-state index in [0.717, 1.165) is 45.7 Å². The number of fused-ring (bicyclic) bond motifs is 1. The normalized spacial score (nSPS) is 15.5. The molecule has 5 heteroatoms. The van der Waals surface area contributed by atoms with Crippen LogP contribution in [0.25, 0.3) is 0 Å². The van der Waals surface area contributed by atoms with Gasteiger partial charge in [-0.3, -0.25) is 14.5 Å². The molecule has 0 spiro atoms. The Morgan fingerprint density at radius 2 is 1.68 bits per heavy atom. The fourth-order valence-electron chi connectivity index (χ4n) is 4.44. The van der Waals surface area contributed by atoms with Crippen LogP contribution >= 0.6 is 0 Å². The van der Waals surface area contributed by atoms with Crippen LogP contribution in [0.2, 0.25) is 0 Å². The zero-order valence-electron chi connectivity index (χ0n) is 18.5. The van der Waals surface area contributed by atoms with Crippen molar-refractivity contribution in [1.82, 2.24) is 0 Å². The van der Waals surface area contributed by atoms with Gasteiger partial charge in [0.2, 0.25) is 18.3 Å². The van der Waals surface area contributed by atoms with Crippen molar-refractivity contribution < 1.29 is 14.2 Å². The number of para-hydroxylation sites is 2. The van der Waals surface area contributed by atoms with Gasteiger partial charge in [0.05, 0.1) is 5.69 Å². The summed E-state index contributed by atoms with van der Waals surface area (Å²) >= 11 is 0. The Morgan fingerprint density at radius 1 is 1.00 bits per heavy atom. The maximum atomic E-state index is 13.8. The van der Waals surface area contributed by atoms with Gasteiger partial charge in [0.15, 0.2) is 6.20 Å². The summed E-state index contributed by atoms with van der Waals surface area (Å²) in [4.78, 5) is 28.9. The molecule has 0 aliphatic carbocycles. The summed E-state index contributed by atoms with van der Waals surface area (Å²) in [6.07, 6.45) is 2.64. The van der Waals surface area contributed by atoms with E-state index in [1.165, 1.54) is 0 Å².